The molecule has 10 heteroatoms. The van der Waals surface area contributed by atoms with E-state index in [-0.39, 0.29) is 28.1 Å². The Morgan fingerprint density at radius 3 is 2.45 bits per heavy atom. The number of amides is 2. The van der Waals surface area contributed by atoms with Crippen LogP contribution in [0.25, 0.3) is 0 Å². The van der Waals surface area contributed by atoms with E-state index in [1.165, 1.54) is 24.3 Å². The zero-order chi connectivity index (χ0) is 24.0. The molecule has 0 bridgehead atoms. The zero-order valence-electron chi connectivity index (χ0n) is 18.9. The predicted molar refractivity (Wildman–Crippen MR) is 124 cm³/mol. The molecule has 2 atom stereocenters. The number of benzene rings is 2. The quantitative estimate of drug-likeness (QED) is 0.540. The summed E-state index contributed by atoms with van der Waals surface area (Å²) in [4.78, 5) is 24.8. The van der Waals surface area contributed by atoms with Gasteiger partial charge in [0.1, 0.15) is 6.04 Å². The van der Waals surface area contributed by atoms with Gasteiger partial charge < -0.3 is 20.1 Å². The molecule has 33 heavy (non-hydrogen) atoms. The second-order valence-corrected chi connectivity index (χ2v) is 9.54. The van der Waals surface area contributed by atoms with Crippen LogP contribution in [0.4, 0.5) is 5.69 Å². The number of carbonyl (C=O) groups excluding carboxylic acids is 2. The fraction of sp³-hybridized carbons (Fsp3) is 0.391. The van der Waals surface area contributed by atoms with Crippen LogP contribution in [-0.2, 0) is 14.8 Å². The first kappa shape index (κ1) is 24.4. The van der Waals surface area contributed by atoms with Crippen molar-refractivity contribution in [1.82, 2.24) is 10.6 Å². The van der Waals surface area contributed by atoms with E-state index >= 15 is 0 Å². The number of nitrogens with one attached hydrogen (secondary N) is 3. The van der Waals surface area contributed by atoms with Gasteiger partial charge in [-0.15, -0.1) is 0 Å². The first-order valence-corrected chi connectivity index (χ1v) is 12.3. The zero-order valence-corrected chi connectivity index (χ0v) is 19.7. The molecule has 1 heterocycles. The lowest BCUT2D eigenvalue weighted by Crippen LogP contribution is -2.47. The topological polar surface area (TPSA) is 123 Å². The van der Waals surface area contributed by atoms with Crippen molar-refractivity contribution in [2.45, 2.75) is 50.6 Å². The second-order valence-electron chi connectivity index (χ2n) is 7.86. The van der Waals surface area contributed by atoms with Crippen molar-refractivity contribution in [3.63, 3.8) is 0 Å². The molecule has 2 aromatic carbocycles. The maximum absolute atomic E-state index is 12.9. The van der Waals surface area contributed by atoms with Crippen LogP contribution in [0.2, 0.25) is 0 Å². The number of hydrogen-bond acceptors (Lipinski definition) is 6. The number of rotatable bonds is 8. The summed E-state index contributed by atoms with van der Waals surface area (Å²) in [5.41, 5.74) is 0.434. The predicted octanol–water partition coefficient (Wildman–Crippen LogP) is 2.68. The Hall–Kier alpha value is -3.27. The van der Waals surface area contributed by atoms with E-state index < -0.39 is 22.0 Å². The Kier molecular flexibility index (Phi) is 7.80. The monoisotopic (exact) mass is 475 g/mol. The van der Waals surface area contributed by atoms with E-state index in [1.54, 1.807) is 25.1 Å². The van der Waals surface area contributed by atoms with E-state index in [9.17, 15) is 18.0 Å². The van der Waals surface area contributed by atoms with Gasteiger partial charge in [-0.1, -0.05) is 13.0 Å². The lowest BCUT2D eigenvalue weighted by atomic mass is 10.1. The fourth-order valence-electron chi connectivity index (χ4n) is 3.06. The average Bonchev–Trinajstić information content (AvgIpc) is 3.03. The normalized spacial score (nSPS) is 15.0. The summed E-state index contributed by atoms with van der Waals surface area (Å²) in [6, 6.07) is 9.72. The Morgan fingerprint density at radius 2 is 1.73 bits per heavy atom. The summed E-state index contributed by atoms with van der Waals surface area (Å²) in [6.45, 7) is 6.36. The molecule has 3 rings (SSSR count). The fourth-order valence-corrected chi connectivity index (χ4v) is 4.13. The summed E-state index contributed by atoms with van der Waals surface area (Å²) in [5, 5.41) is 5.44. The lowest BCUT2D eigenvalue weighted by Gasteiger charge is -2.17. The maximum atomic E-state index is 12.9. The Balaban J connectivity index is 1.71. The largest absolute Gasteiger partial charge is 0.490 e. The molecule has 0 aliphatic carbocycles. The molecule has 0 saturated heterocycles. The van der Waals surface area contributed by atoms with Crippen LogP contribution in [0.1, 0.15) is 44.0 Å². The van der Waals surface area contributed by atoms with Crippen LogP contribution in [0.3, 0.4) is 0 Å². The molecule has 178 valence electrons. The van der Waals surface area contributed by atoms with E-state index in [4.69, 9.17) is 9.47 Å². The molecule has 0 spiro atoms. The van der Waals surface area contributed by atoms with Crippen LogP contribution in [0.5, 0.6) is 11.5 Å². The standard InChI is InChI=1S/C23H29N3O6S/c1-4-15(2)24-22(27)16(3)25-23(28)17-7-5-8-18(13-17)26-33(29,30)19-9-10-20-21(14-19)32-12-6-11-31-20/h5,7-10,13-16,26H,4,6,11-12H2,1-3H3,(H,24,27)(H,25,28). The van der Waals surface area contributed by atoms with Gasteiger partial charge in [0.05, 0.1) is 18.1 Å². The minimum absolute atomic E-state index is 0.000444. The van der Waals surface area contributed by atoms with E-state index in [0.29, 0.717) is 31.1 Å². The summed E-state index contributed by atoms with van der Waals surface area (Å²) >= 11 is 0. The van der Waals surface area contributed by atoms with Crippen molar-refractivity contribution in [1.29, 1.82) is 0 Å². The Labute approximate surface area is 193 Å². The first-order chi connectivity index (χ1) is 15.7. The summed E-state index contributed by atoms with van der Waals surface area (Å²) in [6.07, 6.45) is 1.49. The molecule has 0 fully saturated rings. The molecule has 2 amide bonds. The van der Waals surface area contributed by atoms with Crippen LogP contribution in [0, 0.1) is 0 Å². The van der Waals surface area contributed by atoms with E-state index in [2.05, 4.69) is 15.4 Å². The Morgan fingerprint density at radius 1 is 1.00 bits per heavy atom. The molecule has 0 aromatic heterocycles. The Bertz CT molecular complexity index is 1120. The lowest BCUT2D eigenvalue weighted by molar-refractivity contribution is -0.123. The molecule has 1 aliphatic rings. The molecule has 9 nitrogen and oxygen atoms in total. The van der Waals surface area contributed by atoms with Gasteiger partial charge in [0, 0.05) is 29.8 Å². The van der Waals surface area contributed by atoms with Crippen molar-refractivity contribution in [3.05, 3.63) is 48.0 Å². The average molecular weight is 476 g/mol. The van der Waals surface area contributed by atoms with Crippen molar-refractivity contribution in [2.75, 3.05) is 17.9 Å². The number of anilines is 1. The van der Waals surface area contributed by atoms with E-state index in [0.717, 1.165) is 6.42 Å². The minimum Gasteiger partial charge on any atom is -0.490 e. The number of sulfonamides is 1. The van der Waals surface area contributed by atoms with Gasteiger partial charge >= 0.3 is 0 Å². The van der Waals surface area contributed by atoms with Crippen LogP contribution >= 0.6 is 0 Å². The molecule has 2 unspecified atom stereocenters. The third-order valence-electron chi connectivity index (χ3n) is 5.15. The van der Waals surface area contributed by atoms with Crippen molar-refractivity contribution in [2.24, 2.45) is 0 Å². The van der Waals surface area contributed by atoms with Crippen LogP contribution < -0.4 is 24.8 Å². The number of ether oxygens (including phenoxy) is 2. The molecule has 3 N–H and O–H groups in total. The van der Waals surface area contributed by atoms with Gasteiger partial charge in [-0.25, -0.2) is 8.42 Å². The molecule has 2 aromatic rings. The molecule has 1 aliphatic heterocycles. The summed E-state index contributed by atoms with van der Waals surface area (Å²) in [5.74, 6) is 0.0900. The number of hydrogen-bond donors (Lipinski definition) is 3. The van der Waals surface area contributed by atoms with Crippen LogP contribution in [0.15, 0.2) is 47.4 Å². The van der Waals surface area contributed by atoms with Gasteiger partial charge in [0.15, 0.2) is 11.5 Å². The molecular weight excluding hydrogens is 446 g/mol. The number of carbonyl (C=O) groups is 2. The van der Waals surface area contributed by atoms with Gasteiger partial charge in [0.2, 0.25) is 5.91 Å². The third kappa shape index (κ3) is 6.38. The SMILES string of the molecule is CCC(C)NC(=O)C(C)NC(=O)c1cccc(NS(=O)(=O)c2ccc3c(c2)OCCCO3)c1. The van der Waals surface area contributed by atoms with Crippen molar-refractivity contribution < 1.29 is 27.5 Å². The third-order valence-corrected chi connectivity index (χ3v) is 6.53. The van der Waals surface area contributed by atoms with Gasteiger partial charge in [0.25, 0.3) is 15.9 Å². The van der Waals surface area contributed by atoms with Crippen LogP contribution in [-0.4, -0.2) is 45.5 Å². The highest BCUT2D eigenvalue weighted by molar-refractivity contribution is 7.92. The first-order valence-electron chi connectivity index (χ1n) is 10.8. The van der Waals surface area contributed by atoms with E-state index in [1.807, 2.05) is 13.8 Å². The highest BCUT2D eigenvalue weighted by atomic mass is 32.2. The van der Waals surface area contributed by atoms with Crippen molar-refractivity contribution in [3.8, 4) is 11.5 Å². The smallest absolute Gasteiger partial charge is 0.262 e. The van der Waals surface area contributed by atoms with Gasteiger partial charge in [-0.3, -0.25) is 14.3 Å². The maximum Gasteiger partial charge on any atom is 0.262 e. The van der Waals surface area contributed by atoms with Gasteiger partial charge in [-0.2, -0.15) is 0 Å². The highest BCUT2D eigenvalue weighted by Crippen LogP contribution is 2.32. The van der Waals surface area contributed by atoms with Crippen molar-refractivity contribution >= 4 is 27.5 Å². The minimum atomic E-state index is -3.94. The molecule has 0 radical (unpaired) electrons. The summed E-state index contributed by atoms with van der Waals surface area (Å²) in [7, 11) is -3.94. The number of fused-ring (bicyclic) bond motifs is 1. The molecule has 0 saturated carbocycles. The summed E-state index contributed by atoms with van der Waals surface area (Å²) < 4.78 is 39.4. The van der Waals surface area contributed by atoms with Gasteiger partial charge in [-0.05, 0) is 50.6 Å². The highest BCUT2D eigenvalue weighted by Gasteiger charge is 2.21. The molecular formula is C23H29N3O6S. The second kappa shape index (κ2) is 10.6.